The van der Waals surface area contributed by atoms with Crippen molar-refractivity contribution in [2.24, 2.45) is 5.41 Å². The Morgan fingerprint density at radius 1 is 1.14 bits per heavy atom. The summed E-state index contributed by atoms with van der Waals surface area (Å²) in [7, 11) is 7.51. The maximum atomic E-state index is 5.35. The molecule has 0 saturated carbocycles. The summed E-state index contributed by atoms with van der Waals surface area (Å²) in [4.78, 5) is 2.22. The minimum absolute atomic E-state index is 0.229. The third-order valence-corrected chi connectivity index (χ3v) is 3.95. The van der Waals surface area contributed by atoms with Gasteiger partial charge in [-0.15, -0.1) is 0 Å². The van der Waals surface area contributed by atoms with Crippen molar-refractivity contribution in [3.05, 3.63) is 22.2 Å². The summed E-state index contributed by atoms with van der Waals surface area (Å²) in [6, 6.07) is 3.95. The Bertz CT molecular complexity index is 462. The van der Waals surface area contributed by atoms with Crippen LogP contribution in [0.25, 0.3) is 0 Å². The van der Waals surface area contributed by atoms with E-state index in [9.17, 15) is 0 Å². The second-order valence-corrected chi connectivity index (χ2v) is 7.16. The van der Waals surface area contributed by atoms with Crippen molar-refractivity contribution in [2.45, 2.75) is 20.4 Å². The number of ether oxygens (including phenoxy) is 2. The zero-order valence-corrected chi connectivity index (χ0v) is 15.5. The Morgan fingerprint density at radius 3 is 2.24 bits per heavy atom. The van der Waals surface area contributed by atoms with Gasteiger partial charge < -0.3 is 19.7 Å². The molecule has 0 radical (unpaired) electrons. The molecule has 0 aromatic heterocycles. The highest BCUT2D eigenvalue weighted by molar-refractivity contribution is 9.10. The standard InChI is InChI=1S/C16H27BrN2O2/c1-16(2,11-19(3)4)10-18-9-12-7-14(20-5)15(21-6)8-13(12)17/h7-8,18H,9-11H2,1-6H3. The van der Waals surface area contributed by atoms with E-state index in [0.717, 1.165) is 41.2 Å². The Balaban J connectivity index is 2.67. The first-order valence-corrected chi connectivity index (χ1v) is 7.84. The smallest absolute Gasteiger partial charge is 0.161 e. The van der Waals surface area contributed by atoms with Gasteiger partial charge in [0.05, 0.1) is 14.2 Å². The van der Waals surface area contributed by atoms with Crippen molar-refractivity contribution in [3.63, 3.8) is 0 Å². The van der Waals surface area contributed by atoms with Gasteiger partial charge in [0.15, 0.2) is 11.5 Å². The lowest BCUT2D eigenvalue weighted by atomic mass is 9.93. The van der Waals surface area contributed by atoms with Gasteiger partial charge in [0.1, 0.15) is 0 Å². The maximum Gasteiger partial charge on any atom is 0.161 e. The van der Waals surface area contributed by atoms with Crippen LogP contribution in [0.4, 0.5) is 0 Å². The first-order valence-electron chi connectivity index (χ1n) is 7.05. The molecular formula is C16H27BrN2O2. The third-order valence-electron chi connectivity index (χ3n) is 3.22. The molecule has 0 amide bonds. The van der Waals surface area contributed by atoms with Gasteiger partial charge in [-0.3, -0.25) is 0 Å². The number of nitrogens with zero attached hydrogens (tertiary/aromatic N) is 1. The van der Waals surface area contributed by atoms with Crippen molar-refractivity contribution in [1.82, 2.24) is 10.2 Å². The van der Waals surface area contributed by atoms with Crippen molar-refractivity contribution in [2.75, 3.05) is 41.4 Å². The summed E-state index contributed by atoms with van der Waals surface area (Å²) in [5.74, 6) is 1.49. The zero-order chi connectivity index (χ0) is 16.0. The highest BCUT2D eigenvalue weighted by Gasteiger charge is 2.18. The SMILES string of the molecule is COc1cc(Br)c(CNCC(C)(C)CN(C)C)cc1OC. The van der Waals surface area contributed by atoms with Gasteiger partial charge in [-0.2, -0.15) is 0 Å². The Morgan fingerprint density at radius 2 is 1.71 bits per heavy atom. The van der Waals surface area contributed by atoms with E-state index >= 15 is 0 Å². The van der Waals surface area contributed by atoms with Crippen LogP contribution in [0.5, 0.6) is 11.5 Å². The fraction of sp³-hybridized carbons (Fsp3) is 0.625. The molecule has 1 N–H and O–H groups in total. The molecule has 0 atom stereocenters. The lowest BCUT2D eigenvalue weighted by molar-refractivity contribution is 0.232. The van der Waals surface area contributed by atoms with E-state index in [1.165, 1.54) is 0 Å². The molecular weight excluding hydrogens is 332 g/mol. The van der Waals surface area contributed by atoms with Crippen LogP contribution in [0.15, 0.2) is 16.6 Å². The zero-order valence-electron chi connectivity index (χ0n) is 13.9. The first kappa shape index (κ1) is 18.3. The first-order chi connectivity index (χ1) is 9.79. The number of benzene rings is 1. The Kier molecular flexibility index (Phi) is 6.97. The molecule has 0 aliphatic carbocycles. The lowest BCUT2D eigenvalue weighted by Gasteiger charge is -2.28. The molecule has 0 saturated heterocycles. The average molecular weight is 359 g/mol. The molecule has 0 aliphatic heterocycles. The van der Waals surface area contributed by atoms with Crippen LogP contribution in [-0.4, -0.2) is 46.3 Å². The number of halogens is 1. The molecule has 21 heavy (non-hydrogen) atoms. The number of nitrogens with one attached hydrogen (secondary N) is 1. The van der Waals surface area contributed by atoms with Crippen LogP contribution in [0.2, 0.25) is 0 Å². The van der Waals surface area contributed by atoms with E-state index in [1.54, 1.807) is 14.2 Å². The van der Waals surface area contributed by atoms with Gasteiger partial charge >= 0.3 is 0 Å². The normalized spacial score (nSPS) is 11.8. The maximum absolute atomic E-state index is 5.35. The molecule has 0 bridgehead atoms. The molecule has 1 rings (SSSR count). The number of hydrogen-bond acceptors (Lipinski definition) is 4. The third kappa shape index (κ3) is 5.85. The van der Waals surface area contributed by atoms with Crippen molar-refractivity contribution in [3.8, 4) is 11.5 Å². The average Bonchev–Trinajstić information content (AvgIpc) is 2.38. The van der Waals surface area contributed by atoms with Gasteiger partial charge in [0, 0.05) is 24.1 Å². The number of hydrogen-bond donors (Lipinski definition) is 1. The highest BCUT2D eigenvalue weighted by Crippen LogP contribution is 2.33. The molecule has 4 nitrogen and oxygen atoms in total. The predicted octanol–water partition coefficient (Wildman–Crippen LogP) is 3.14. The fourth-order valence-corrected chi connectivity index (χ4v) is 2.94. The quantitative estimate of drug-likeness (QED) is 0.773. The van der Waals surface area contributed by atoms with Gasteiger partial charge in [0.25, 0.3) is 0 Å². The van der Waals surface area contributed by atoms with Gasteiger partial charge in [0.2, 0.25) is 0 Å². The summed E-state index contributed by atoms with van der Waals surface area (Å²) >= 11 is 3.59. The van der Waals surface area contributed by atoms with Crippen molar-refractivity contribution < 1.29 is 9.47 Å². The van der Waals surface area contributed by atoms with E-state index in [4.69, 9.17) is 9.47 Å². The summed E-state index contributed by atoms with van der Waals surface area (Å²) in [6.45, 7) is 7.32. The molecule has 1 aromatic rings. The Hall–Kier alpha value is -0.780. The fourth-order valence-electron chi connectivity index (χ4n) is 2.48. The molecule has 0 spiro atoms. The molecule has 0 aliphatic rings. The van der Waals surface area contributed by atoms with Crippen LogP contribution < -0.4 is 14.8 Å². The summed E-state index contributed by atoms with van der Waals surface area (Å²) in [5.41, 5.74) is 1.39. The van der Waals surface area contributed by atoms with E-state index < -0.39 is 0 Å². The minimum atomic E-state index is 0.229. The molecule has 1 aromatic carbocycles. The van der Waals surface area contributed by atoms with E-state index in [1.807, 2.05) is 12.1 Å². The largest absolute Gasteiger partial charge is 0.493 e. The Labute approximate surface area is 136 Å². The van der Waals surface area contributed by atoms with Crippen LogP contribution in [-0.2, 0) is 6.54 Å². The molecule has 0 heterocycles. The van der Waals surface area contributed by atoms with Crippen LogP contribution in [0, 0.1) is 5.41 Å². The summed E-state index contributed by atoms with van der Waals surface area (Å²) < 4.78 is 11.7. The number of rotatable bonds is 8. The summed E-state index contributed by atoms with van der Waals surface area (Å²) in [5, 5.41) is 3.52. The van der Waals surface area contributed by atoms with Gasteiger partial charge in [-0.25, -0.2) is 0 Å². The minimum Gasteiger partial charge on any atom is -0.493 e. The van der Waals surface area contributed by atoms with E-state index in [0.29, 0.717) is 0 Å². The van der Waals surface area contributed by atoms with Gasteiger partial charge in [-0.1, -0.05) is 29.8 Å². The van der Waals surface area contributed by atoms with Crippen molar-refractivity contribution in [1.29, 1.82) is 0 Å². The predicted molar refractivity (Wildman–Crippen MR) is 91.3 cm³/mol. The van der Waals surface area contributed by atoms with Gasteiger partial charge in [-0.05, 0) is 37.2 Å². The molecule has 120 valence electrons. The van der Waals surface area contributed by atoms with E-state index in [-0.39, 0.29) is 5.41 Å². The lowest BCUT2D eigenvalue weighted by Crippen LogP contribution is -2.37. The molecule has 0 unspecified atom stereocenters. The van der Waals surface area contributed by atoms with Crippen LogP contribution in [0.3, 0.4) is 0 Å². The van der Waals surface area contributed by atoms with Crippen molar-refractivity contribution >= 4 is 15.9 Å². The monoisotopic (exact) mass is 358 g/mol. The molecule has 0 fully saturated rings. The topological polar surface area (TPSA) is 33.7 Å². The second-order valence-electron chi connectivity index (χ2n) is 6.30. The second kappa shape index (κ2) is 8.01. The summed E-state index contributed by atoms with van der Waals surface area (Å²) in [6.07, 6.45) is 0. The highest BCUT2D eigenvalue weighted by atomic mass is 79.9. The molecule has 5 heteroatoms. The van der Waals surface area contributed by atoms with Crippen LogP contribution >= 0.6 is 15.9 Å². The van der Waals surface area contributed by atoms with Crippen LogP contribution in [0.1, 0.15) is 19.4 Å². The van der Waals surface area contributed by atoms with E-state index in [2.05, 4.69) is 54.1 Å². The number of methoxy groups -OCH3 is 2.